The summed E-state index contributed by atoms with van der Waals surface area (Å²) in [7, 11) is 0. The van der Waals surface area contributed by atoms with Gasteiger partial charge in [0.25, 0.3) is 5.91 Å². The first kappa shape index (κ1) is 23.5. The van der Waals surface area contributed by atoms with E-state index in [1.54, 1.807) is 0 Å². The van der Waals surface area contributed by atoms with Gasteiger partial charge in [-0.1, -0.05) is 94.3 Å². The molecule has 4 heteroatoms. The quantitative estimate of drug-likeness (QED) is 0.433. The lowest BCUT2D eigenvalue weighted by atomic mass is 9.83. The van der Waals surface area contributed by atoms with E-state index in [4.69, 9.17) is 0 Å². The minimum Gasteiger partial charge on any atom is -0.396 e. The van der Waals surface area contributed by atoms with Gasteiger partial charge >= 0.3 is 0 Å². The smallest absolute Gasteiger partial charge is 0.265 e. The molecule has 0 unspecified atom stereocenters. The van der Waals surface area contributed by atoms with Crippen molar-refractivity contribution < 1.29 is 9.90 Å². The van der Waals surface area contributed by atoms with Crippen molar-refractivity contribution in [3.8, 4) is 0 Å². The highest BCUT2D eigenvalue weighted by molar-refractivity contribution is 5.93. The molecule has 4 nitrogen and oxygen atoms in total. The van der Waals surface area contributed by atoms with Crippen LogP contribution in [0.25, 0.3) is 0 Å². The molecule has 2 N–H and O–H groups in total. The van der Waals surface area contributed by atoms with E-state index in [1.165, 1.54) is 49.7 Å². The van der Waals surface area contributed by atoms with Gasteiger partial charge in [-0.15, -0.1) is 0 Å². The summed E-state index contributed by atoms with van der Waals surface area (Å²) in [6.07, 6.45) is 10.7. The molecule has 1 aliphatic rings. The van der Waals surface area contributed by atoms with Crippen molar-refractivity contribution in [3.05, 3.63) is 71.3 Å². The van der Waals surface area contributed by atoms with Crippen LogP contribution in [0.2, 0.25) is 0 Å². The van der Waals surface area contributed by atoms with E-state index in [-0.39, 0.29) is 24.5 Å². The van der Waals surface area contributed by atoms with Crippen LogP contribution in [0.15, 0.2) is 54.6 Å². The number of carbonyl (C=O) groups excluding carboxylic acids is 1. The highest BCUT2D eigenvalue weighted by Crippen LogP contribution is 2.36. The highest BCUT2D eigenvalue weighted by Gasteiger charge is 2.34. The topological polar surface area (TPSA) is 52.6 Å². The third kappa shape index (κ3) is 6.65. The lowest BCUT2D eigenvalue weighted by Crippen LogP contribution is -2.50. The van der Waals surface area contributed by atoms with E-state index in [0.717, 1.165) is 25.8 Å². The third-order valence-corrected chi connectivity index (χ3v) is 6.47. The van der Waals surface area contributed by atoms with Gasteiger partial charge in [-0.3, -0.25) is 10.2 Å². The molecule has 168 valence electrons. The third-order valence-electron chi connectivity index (χ3n) is 6.47. The maximum Gasteiger partial charge on any atom is 0.265 e. The Morgan fingerprint density at radius 1 is 1.00 bits per heavy atom. The van der Waals surface area contributed by atoms with Gasteiger partial charge in [0.05, 0.1) is 6.04 Å². The first-order valence-corrected chi connectivity index (χ1v) is 12.1. The summed E-state index contributed by atoms with van der Waals surface area (Å²) in [6.45, 7) is 3.14. The van der Waals surface area contributed by atoms with Crippen molar-refractivity contribution in [2.45, 2.75) is 70.8 Å². The number of aliphatic hydroxyl groups is 1. The Kier molecular flexibility index (Phi) is 9.57. The molecule has 0 spiro atoms. The second-order valence-electron chi connectivity index (χ2n) is 8.75. The lowest BCUT2D eigenvalue weighted by Gasteiger charge is -2.41. The Morgan fingerprint density at radius 3 is 2.42 bits per heavy atom. The standard InChI is InChI=1S/C27H38N2O2/c1-2-3-4-5-6-7-9-17-24(21-30)26-25-18-13-12-14-22(25)19-20-29(26)28-27(31)23-15-10-8-11-16-23/h8,10-16,18,24,26,30H,2-7,9,17,19-21H2,1H3,(H,28,31)/t24-,26+/m1/s1. The van der Waals surface area contributed by atoms with E-state index in [9.17, 15) is 9.90 Å². The maximum absolute atomic E-state index is 12.9. The number of aliphatic hydroxyl groups excluding tert-OH is 1. The summed E-state index contributed by atoms with van der Waals surface area (Å²) < 4.78 is 0. The van der Waals surface area contributed by atoms with Gasteiger partial charge in [0.2, 0.25) is 0 Å². The molecule has 0 aromatic heterocycles. The summed E-state index contributed by atoms with van der Waals surface area (Å²) in [5, 5.41) is 12.4. The number of nitrogens with one attached hydrogen (secondary N) is 1. The Bertz CT molecular complexity index is 793. The second-order valence-corrected chi connectivity index (χ2v) is 8.75. The minimum atomic E-state index is -0.0856. The zero-order valence-electron chi connectivity index (χ0n) is 18.9. The van der Waals surface area contributed by atoms with E-state index < -0.39 is 0 Å². The van der Waals surface area contributed by atoms with Crippen LogP contribution in [0.5, 0.6) is 0 Å². The van der Waals surface area contributed by atoms with Crippen LogP contribution in [-0.4, -0.2) is 29.2 Å². The van der Waals surface area contributed by atoms with E-state index in [0.29, 0.717) is 5.56 Å². The molecule has 0 bridgehead atoms. The molecule has 1 heterocycles. The number of rotatable bonds is 12. The molecule has 31 heavy (non-hydrogen) atoms. The Morgan fingerprint density at radius 2 is 1.68 bits per heavy atom. The van der Waals surface area contributed by atoms with E-state index in [2.05, 4.69) is 41.6 Å². The molecule has 0 saturated heterocycles. The first-order valence-electron chi connectivity index (χ1n) is 12.1. The lowest BCUT2D eigenvalue weighted by molar-refractivity contribution is 0.0349. The van der Waals surface area contributed by atoms with Crippen LogP contribution >= 0.6 is 0 Å². The number of amides is 1. The summed E-state index contributed by atoms with van der Waals surface area (Å²) in [5.41, 5.74) is 6.38. The molecule has 2 atom stereocenters. The van der Waals surface area contributed by atoms with Crippen molar-refractivity contribution in [1.82, 2.24) is 10.4 Å². The largest absolute Gasteiger partial charge is 0.396 e. The molecular weight excluding hydrogens is 384 g/mol. The molecular formula is C27H38N2O2. The molecule has 2 aromatic carbocycles. The van der Waals surface area contributed by atoms with Crippen LogP contribution in [0.1, 0.15) is 85.8 Å². The van der Waals surface area contributed by atoms with Crippen LogP contribution in [-0.2, 0) is 6.42 Å². The first-order chi connectivity index (χ1) is 15.2. The summed E-state index contributed by atoms with van der Waals surface area (Å²) in [6, 6.07) is 17.9. The van der Waals surface area contributed by atoms with Gasteiger partial charge in [-0.2, -0.15) is 0 Å². The average Bonchev–Trinajstić information content (AvgIpc) is 2.82. The fraction of sp³-hybridized carbons (Fsp3) is 0.519. The molecule has 1 amide bonds. The van der Waals surface area contributed by atoms with Crippen LogP contribution < -0.4 is 5.43 Å². The predicted molar refractivity (Wildman–Crippen MR) is 127 cm³/mol. The molecule has 0 aliphatic carbocycles. The number of unbranched alkanes of at least 4 members (excludes halogenated alkanes) is 6. The summed E-state index contributed by atoms with van der Waals surface area (Å²) in [5.74, 6) is 0.0192. The molecule has 0 radical (unpaired) electrons. The number of hydrazine groups is 1. The number of nitrogens with zero attached hydrogens (tertiary/aromatic N) is 1. The Balaban J connectivity index is 1.68. The summed E-state index contributed by atoms with van der Waals surface area (Å²) in [4.78, 5) is 12.9. The van der Waals surface area contributed by atoms with Gasteiger partial charge in [-0.25, -0.2) is 5.01 Å². The number of hydrogen-bond donors (Lipinski definition) is 2. The van der Waals surface area contributed by atoms with Crippen molar-refractivity contribution in [2.24, 2.45) is 5.92 Å². The van der Waals surface area contributed by atoms with Crippen LogP contribution in [0.4, 0.5) is 0 Å². The zero-order valence-corrected chi connectivity index (χ0v) is 18.9. The SMILES string of the molecule is CCCCCCCCC[C@H](CO)[C@H]1c2ccccc2CCN1NC(=O)c1ccccc1. The molecule has 1 aliphatic heterocycles. The molecule has 0 fully saturated rings. The van der Waals surface area contributed by atoms with Gasteiger partial charge in [0.1, 0.15) is 0 Å². The molecule has 3 rings (SSSR count). The van der Waals surface area contributed by atoms with Crippen LogP contribution in [0, 0.1) is 5.92 Å². The van der Waals surface area contributed by atoms with Crippen molar-refractivity contribution in [3.63, 3.8) is 0 Å². The number of benzene rings is 2. The van der Waals surface area contributed by atoms with Crippen LogP contribution in [0.3, 0.4) is 0 Å². The Hall–Kier alpha value is -2.17. The normalized spacial score (nSPS) is 17.2. The fourth-order valence-corrected chi connectivity index (χ4v) is 4.73. The van der Waals surface area contributed by atoms with Crippen molar-refractivity contribution in [1.29, 1.82) is 0 Å². The molecule has 0 saturated carbocycles. The number of hydrogen-bond acceptors (Lipinski definition) is 3. The average molecular weight is 423 g/mol. The number of carbonyl (C=O) groups is 1. The van der Waals surface area contributed by atoms with Gasteiger partial charge in [0.15, 0.2) is 0 Å². The second kappa shape index (κ2) is 12.6. The molecule has 2 aromatic rings. The highest BCUT2D eigenvalue weighted by atomic mass is 16.3. The monoisotopic (exact) mass is 422 g/mol. The number of fused-ring (bicyclic) bond motifs is 1. The van der Waals surface area contributed by atoms with Gasteiger partial charge in [-0.05, 0) is 36.1 Å². The zero-order chi connectivity index (χ0) is 21.9. The fourth-order valence-electron chi connectivity index (χ4n) is 4.73. The van der Waals surface area contributed by atoms with E-state index >= 15 is 0 Å². The summed E-state index contributed by atoms with van der Waals surface area (Å²) >= 11 is 0. The van der Waals surface area contributed by atoms with Crippen molar-refractivity contribution >= 4 is 5.91 Å². The maximum atomic E-state index is 12.9. The van der Waals surface area contributed by atoms with E-state index in [1.807, 2.05) is 30.3 Å². The van der Waals surface area contributed by atoms with Gasteiger partial charge < -0.3 is 5.11 Å². The minimum absolute atomic E-state index is 0.00250. The predicted octanol–water partition coefficient (Wildman–Crippen LogP) is 5.68. The Labute approximate surface area is 187 Å². The van der Waals surface area contributed by atoms with Crippen molar-refractivity contribution in [2.75, 3.05) is 13.2 Å². The van der Waals surface area contributed by atoms with Gasteiger partial charge in [0, 0.05) is 24.6 Å².